The third kappa shape index (κ3) is 2.38. The monoisotopic (exact) mass is 259 g/mol. The number of thiophene rings is 1. The molecule has 4 heteroatoms. The normalized spacial score (nSPS) is 14.3. The SMILES string of the molecule is Cc1ccc(CNc2ncnc3c2CCCC3)s1. The Bertz CT molecular complexity index is 548. The van der Waals surface area contributed by atoms with E-state index in [1.807, 2.05) is 11.3 Å². The average Bonchev–Trinajstić information content (AvgIpc) is 2.82. The van der Waals surface area contributed by atoms with Crippen molar-refractivity contribution in [2.45, 2.75) is 39.2 Å². The Balaban J connectivity index is 1.76. The van der Waals surface area contributed by atoms with Gasteiger partial charge in [-0.05, 0) is 44.7 Å². The fourth-order valence-corrected chi connectivity index (χ4v) is 3.25. The Kier molecular flexibility index (Phi) is 3.28. The lowest BCUT2D eigenvalue weighted by molar-refractivity contribution is 0.663. The van der Waals surface area contributed by atoms with E-state index in [0.717, 1.165) is 25.2 Å². The predicted octanol–water partition coefficient (Wildman–Crippen LogP) is 3.34. The van der Waals surface area contributed by atoms with Crippen LogP contribution in [0.1, 0.15) is 33.9 Å². The van der Waals surface area contributed by atoms with Crippen LogP contribution >= 0.6 is 11.3 Å². The molecule has 0 amide bonds. The Labute approximate surface area is 111 Å². The maximum absolute atomic E-state index is 4.40. The second-order valence-electron chi connectivity index (χ2n) is 4.72. The molecule has 0 bridgehead atoms. The molecule has 94 valence electrons. The van der Waals surface area contributed by atoms with Crippen LogP contribution in [0, 0.1) is 6.92 Å². The van der Waals surface area contributed by atoms with E-state index in [-0.39, 0.29) is 0 Å². The van der Waals surface area contributed by atoms with Gasteiger partial charge in [0.25, 0.3) is 0 Å². The van der Waals surface area contributed by atoms with Crippen molar-refractivity contribution in [1.29, 1.82) is 0 Å². The van der Waals surface area contributed by atoms with Gasteiger partial charge in [0.2, 0.25) is 0 Å². The van der Waals surface area contributed by atoms with Gasteiger partial charge >= 0.3 is 0 Å². The highest BCUT2D eigenvalue weighted by molar-refractivity contribution is 7.11. The summed E-state index contributed by atoms with van der Waals surface area (Å²) in [5.74, 6) is 1.03. The summed E-state index contributed by atoms with van der Waals surface area (Å²) >= 11 is 1.84. The van der Waals surface area contributed by atoms with E-state index < -0.39 is 0 Å². The second kappa shape index (κ2) is 5.06. The van der Waals surface area contributed by atoms with E-state index in [9.17, 15) is 0 Å². The molecule has 0 fully saturated rings. The van der Waals surface area contributed by atoms with Gasteiger partial charge in [0, 0.05) is 21.0 Å². The minimum atomic E-state index is 0.863. The van der Waals surface area contributed by atoms with Crippen LogP contribution < -0.4 is 5.32 Å². The number of nitrogens with zero attached hydrogens (tertiary/aromatic N) is 2. The molecule has 0 radical (unpaired) electrons. The van der Waals surface area contributed by atoms with Crippen LogP contribution in [0.4, 0.5) is 5.82 Å². The number of aryl methyl sites for hydroxylation is 2. The van der Waals surface area contributed by atoms with Crippen molar-refractivity contribution >= 4 is 17.2 Å². The number of hydrogen-bond acceptors (Lipinski definition) is 4. The minimum Gasteiger partial charge on any atom is -0.365 e. The fraction of sp³-hybridized carbons (Fsp3) is 0.429. The highest BCUT2D eigenvalue weighted by Crippen LogP contribution is 2.25. The topological polar surface area (TPSA) is 37.8 Å². The lowest BCUT2D eigenvalue weighted by atomic mass is 9.96. The Morgan fingerprint density at radius 1 is 1.22 bits per heavy atom. The Morgan fingerprint density at radius 3 is 2.94 bits per heavy atom. The van der Waals surface area contributed by atoms with Gasteiger partial charge in [-0.3, -0.25) is 0 Å². The summed E-state index contributed by atoms with van der Waals surface area (Å²) in [7, 11) is 0. The molecular formula is C14H17N3S. The molecule has 2 aromatic rings. The lowest BCUT2D eigenvalue weighted by Gasteiger charge is -2.17. The van der Waals surface area contributed by atoms with E-state index in [1.165, 1.54) is 33.9 Å². The van der Waals surface area contributed by atoms with Crippen molar-refractivity contribution < 1.29 is 0 Å². The summed E-state index contributed by atoms with van der Waals surface area (Å²) in [4.78, 5) is 11.5. The molecule has 2 heterocycles. The van der Waals surface area contributed by atoms with Crippen molar-refractivity contribution in [3.63, 3.8) is 0 Å². The van der Waals surface area contributed by atoms with Gasteiger partial charge in [-0.2, -0.15) is 0 Å². The molecule has 0 unspecified atom stereocenters. The number of nitrogens with one attached hydrogen (secondary N) is 1. The van der Waals surface area contributed by atoms with Crippen molar-refractivity contribution in [2.24, 2.45) is 0 Å². The molecule has 1 aliphatic rings. The molecule has 3 nitrogen and oxygen atoms in total. The Hall–Kier alpha value is -1.42. The first-order valence-corrected chi connectivity index (χ1v) is 7.26. The molecule has 0 saturated heterocycles. The zero-order chi connectivity index (χ0) is 12.4. The van der Waals surface area contributed by atoms with Crippen LogP contribution in [-0.4, -0.2) is 9.97 Å². The standard InChI is InChI=1S/C14H17N3S/c1-10-6-7-11(18-10)8-15-14-12-4-2-3-5-13(12)16-9-17-14/h6-7,9H,2-5,8H2,1H3,(H,15,16,17). The first-order chi connectivity index (χ1) is 8.83. The quantitative estimate of drug-likeness (QED) is 0.918. The first-order valence-electron chi connectivity index (χ1n) is 6.45. The van der Waals surface area contributed by atoms with Crippen LogP contribution in [0.15, 0.2) is 18.5 Å². The maximum atomic E-state index is 4.40. The molecule has 0 saturated carbocycles. The number of hydrogen-bond donors (Lipinski definition) is 1. The fourth-order valence-electron chi connectivity index (χ4n) is 2.42. The van der Waals surface area contributed by atoms with Gasteiger partial charge in [0.1, 0.15) is 12.1 Å². The van der Waals surface area contributed by atoms with Gasteiger partial charge in [0.05, 0.1) is 6.54 Å². The highest BCUT2D eigenvalue weighted by atomic mass is 32.1. The predicted molar refractivity (Wildman–Crippen MR) is 75.1 cm³/mol. The maximum Gasteiger partial charge on any atom is 0.133 e. The molecule has 0 spiro atoms. The third-order valence-electron chi connectivity index (χ3n) is 3.35. The Morgan fingerprint density at radius 2 is 2.11 bits per heavy atom. The van der Waals surface area contributed by atoms with Gasteiger partial charge in [0.15, 0.2) is 0 Å². The summed E-state index contributed by atoms with van der Waals surface area (Å²) in [5.41, 5.74) is 2.57. The summed E-state index contributed by atoms with van der Waals surface area (Å²) in [5, 5.41) is 3.46. The summed E-state index contributed by atoms with van der Waals surface area (Å²) < 4.78 is 0. The van der Waals surface area contributed by atoms with Crippen molar-refractivity contribution in [3.8, 4) is 0 Å². The van der Waals surface area contributed by atoms with Gasteiger partial charge < -0.3 is 5.32 Å². The van der Waals surface area contributed by atoms with Crippen LogP contribution in [0.3, 0.4) is 0 Å². The third-order valence-corrected chi connectivity index (χ3v) is 4.35. The molecule has 0 aromatic carbocycles. The second-order valence-corrected chi connectivity index (χ2v) is 6.09. The van der Waals surface area contributed by atoms with Crippen LogP contribution in [0.25, 0.3) is 0 Å². The van der Waals surface area contributed by atoms with E-state index in [2.05, 4.69) is 34.3 Å². The average molecular weight is 259 g/mol. The minimum absolute atomic E-state index is 0.863. The van der Waals surface area contributed by atoms with E-state index >= 15 is 0 Å². The molecule has 1 aliphatic carbocycles. The zero-order valence-corrected chi connectivity index (χ0v) is 11.4. The van der Waals surface area contributed by atoms with Crippen LogP contribution in [0.5, 0.6) is 0 Å². The number of rotatable bonds is 3. The molecule has 1 N–H and O–H groups in total. The summed E-state index contributed by atoms with van der Waals surface area (Å²) in [6, 6.07) is 4.35. The number of aromatic nitrogens is 2. The summed E-state index contributed by atoms with van der Waals surface area (Å²) in [6.07, 6.45) is 6.42. The first kappa shape index (κ1) is 11.7. The van der Waals surface area contributed by atoms with E-state index in [0.29, 0.717) is 0 Å². The molecule has 0 aliphatic heterocycles. The largest absolute Gasteiger partial charge is 0.365 e. The molecule has 18 heavy (non-hydrogen) atoms. The number of fused-ring (bicyclic) bond motifs is 1. The molecular weight excluding hydrogens is 242 g/mol. The molecule has 0 atom stereocenters. The van der Waals surface area contributed by atoms with Gasteiger partial charge in [-0.15, -0.1) is 11.3 Å². The number of anilines is 1. The summed E-state index contributed by atoms with van der Waals surface area (Å²) in [6.45, 7) is 3.00. The highest BCUT2D eigenvalue weighted by Gasteiger charge is 2.15. The zero-order valence-electron chi connectivity index (χ0n) is 10.6. The smallest absolute Gasteiger partial charge is 0.133 e. The van der Waals surface area contributed by atoms with Crippen molar-refractivity contribution in [1.82, 2.24) is 9.97 Å². The van der Waals surface area contributed by atoms with Gasteiger partial charge in [-0.1, -0.05) is 0 Å². The van der Waals surface area contributed by atoms with Crippen molar-refractivity contribution in [2.75, 3.05) is 5.32 Å². The van der Waals surface area contributed by atoms with Gasteiger partial charge in [-0.25, -0.2) is 9.97 Å². The van der Waals surface area contributed by atoms with E-state index in [4.69, 9.17) is 0 Å². The lowest BCUT2D eigenvalue weighted by Crippen LogP contribution is -2.11. The van der Waals surface area contributed by atoms with Crippen LogP contribution in [-0.2, 0) is 19.4 Å². The molecule has 3 rings (SSSR count). The molecule has 2 aromatic heterocycles. The van der Waals surface area contributed by atoms with Crippen LogP contribution in [0.2, 0.25) is 0 Å². The van der Waals surface area contributed by atoms with E-state index in [1.54, 1.807) is 6.33 Å². The van der Waals surface area contributed by atoms with Crippen molar-refractivity contribution in [3.05, 3.63) is 39.5 Å².